The van der Waals surface area contributed by atoms with E-state index >= 15 is 0 Å². The first-order valence-electron chi connectivity index (χ1n) is 4.90. The van der Waals surface area contributed by atoms with Crippen LogP contribution in [0.5, 0.6) is 5.75 Å². The molecule has 0 bridgehead atoms. The van der Waals surface area contributed by atoms with Crippen LogP contribution in [0, 0.1) is 6.92 Å². The minimum atomic E-state index is -0.473. The molecule has 1 N–H and O–H groups in total. The smallest absolute Gasteiger partial charge is 0.125 e. The van der Waals surface area contributed by atoms with Crippen LogP contribution < -0.4 is 4.74 Å². The predicted molar refractivity (Wildman–Crippen MR) is 67.1 cm³/mol. The highest BCUT2D eigenvalue weighted by Crippen LogP contribution is 2.23. The van der Waals surface area contributed by atoms with E-state index in [0.29, 0.717) is 5.03 Å². The summed E-state index contributed by atoms with van der Waals surface area (Å²) < 4.78 is 5.46. The van der Waals surface area contributed by atoms with Crippen molar-refractivity contribution in [3.63, 3.8) is 0 Å². The molecule has 1 rings (SSSR count). The van der Waals surface area contributed by atoms with E-state index in [1.165, 1.54) is 5.54 Å². The fraction of sp³-hybridized carbons (Fsp3) is 0.333. The maximum absolute atomic E-state index is 9.41. The van der Waals surface area contributed by atoms with Gasteiger partial charge in [-0.3, -0.25) is 0 Å². The van der Waals surface area contributed by atoms with Crippen molar-refractivity contribution >= 4 is 23.2 Å². The van der Waals surface area contributed by atoms with Crippen LogP contribution >= 0.6 is 23.2 Å². The van der Waals surface area contributed by atoms with E-state index < -0.39 is 6.10 Å². The lowest BCUT2D eigenvalue weighted by atomic mass is 10.1. The molecule has 0 aromatic heterocycles. The van der Waals surface area contributed by atoms with Crippen molar-refractivity contribution in [3.8, 4) is 5.75 Å². The van der Waals surface area contributed by atoms with Gasteiger partial charge in [0, 0.05) is 5.54 Å². The molecule has 0 fully saturated rings. The zero-order chi connectivity index (χ0) is 12.1. The number of hydrogen-bond acceptors (Lipinski definition) is 2. The van der Waals surface area contributed by atoms with E-state index in [2.05, 4.69) is 0 Å². The number of aryl methyl sites for hydroxylation is 1. The van der Waals surface area contributed by atoms with Crippen LogP contribution in [0.1, 0.15) is 24.2 Å². The third kappa shape index (κ3) is 3.71. The van der Waals surface area contributed by atoms with Gasteiger partial charge in [-0.15, -0.1) is 0 Å². The molecule has 0 aliphatic heterocycles. The lowest BCUT2D eigenvalue weighted by molar-refractivity contribution is 0.199. The third-order valence-electron chi connectivity index (χ3n) is 2.17. The van der Waals surface area contributed by atoms with Gasteiger partial charge in [0.25, 0.3) is 0 Å². The second-order valence-electron chi connectivity index (χ2n) is 3.55. The Balaban J connectivity index is 2.75. The molecule has 0 spiro atoms. The molecule has 0 amide bonds. The first-order valence-corrected chi connectivity index (χ1v) is 5.72. The van der Waals surface area contributed by atoms with Gasteiger partial charge in [-0.2, -0.15) is 0 Å². The molecule has 0 aliphatic rings. The Hall–Kier alpha value is -0.700. The summed E-state index contributed by atoms with van der Waals surface area (Å²) in [5, 5.41) is 9.85. The SMILES string of the molecule is Cc1cc(C(C)O)ccc1OC/C(Cl)=C/Cl. The molecule has 1 atom stereocenters. The zero-order valence-corrected chi connectivity index (χ0v) is 10.7. The summed E-state index contributed by atoms with van der Waals surface area (Å²) in [5.74, 6) is 0.737. The lowest BCUT2D eigenvalue weighted by Gasteiger charge is -2.11. The lowest BCUT2D eigenvalue weighted by Crippen LogP contribution is -2.00. The molecule has 88 valence electrons. The Morgan fingerprint density at radius 1 is 1.56 bits per heavy atom. The normalized spacial score (nSPS) is 13.7. The van der Waals surface area contributed by atoms with Crippen molar-refractivity contribution in [2.45, 2.75) is 20.0 Å². The van der Waals surface area contributed by atoms with E-state index in [4.69, 9.17) is 27.9 Å². The molecule has 0 saturated heterocycles. The maximum atomic E-state index is 9.41. The molecule has 0 radical (unpaired) electrons. The van der Waals surface area contributed by atoms with E-state index in [0.717, 1.165) is 16.9 Å². The van der Waals surface area contributed by atoms with Gasteiger partial charge >= 0.3 is 0 Å². The Kier molecular flexibility index (Phi) is 5.13. The topological polar surface area (TPSA) is 29.5 Å². The van der Waals surface area contributed by atoms with Crippen LogP contribution in [0.15, 0.2) is 28.8 Å². The van der Waals surface area contributed by atoms with Crippen molar-refractivity contribution in [1.82, 2.24) is 0 Å². The van der Waals surface area contributed by atoms with Crippen molar-refractivity contribution < 1.29 is 9.84 Å². The molecule has 2 nitrogen and oxygen atoms in total. The Bertz CT molecular complexity index is 387. The fourth-order valence-electron chi connectivity index (χ4n) is 1.27. The van der Waals surface area contributed by atoms with E-state index in [-0.39, 0.29) is 6.61 Å². The standard InChI is InChI=1S/C12H14Cl2O2/c1-8-5-10(9(2)15)3-4-12(8)16-7-11(14)6-13/h3-6,9,15H,7H2,1-2H3/b11-6-. The van der Waals surface area contributed by atoms with Crippen molar-refractivity contribution in [2.75, 3.05) is 6.61 Å². The van der Waals surface area contributed by atoms with E-state index in [1.807, 2.05) is 25.1 Å². The van der Waals surface area contributed by atoms with Crippen molar-refractivity contribution in [1.29, 1.82) is 0 Å². The van der Waals surface area contributed by atoms with Crippen molar-refractivity contribution in [3.05, 3.63) is 39.9 Å². The molecule has 4 heteroatoms. The van der Waals surface area contributed by atoms with E-state index in [9.17, 15) is 5.11 Å². The molecule has 1 aromatic carbocycles. The Morgan fingerprint density at radius 3 is 2.75 bits per heavy atom. The van der Waals surface area contributed by atoms with Gasteiger partial charge in [0.05, 0.1) is 11.1 Å². The van der Waals surface area contributed by atoms with Gasteiger partial charge in [-0.1, -0.05) is 29.3 Å². The molecule has 1 aromatic rings. The third-order valence-corrected chi connectivity index (χ3v) is 2.76. The average molecular weight is 261 g/mol. The Morgan fingerprint density at radius 2 is 2.25 bits per heavy atom. The minimum Gasteiger partial charge on any atom is -0.488 e. The zero-order valence-electron chi connectivity index (χ0n) is 9.21. The quantitative estimate of drug-likeness (QED) is 0.894. The van der Waals surface area contributed by atoms with Gasteiger partial charge in [-0.05, 0) is 37.1 Å². The average Bonchev–Trinajstić information content (AvgIpc) is 2.26. The number of aliphatic hydroxyl groups excluding tert-OH is 1. The van der Waals surface area contributed by atoms with Crippen LogP contribution in [0.4, 0.5) is 0 Å². The van der Waals surface area contributed by atoms with E-state index in [1.54, 1.807) is 6.92 Å². The molecule has 0 aliphatic carbocycles. The van der Waals surface area contributed by atoms with Gasteiger partial charge in [-0.25, -0.2) is 0 Å². The van der Waals surface area contributed by atoms with Crippen molar-refractivity contribution in [2.24, 2.45) is 0 Å². The van der Waals surface area contributed by atoms with Gasteiger partial charge in [0.15, 0.2) is 0 Å². The Labute approximate surface area is 105 Å². The predicted octanol–water partition coefficient (Wildman–Crippen LogP) is 3.75. The fourth-order valence-corrected chi connectivity index (χ4v) is 1.39. The summed E-state index contributed by atoms with van der Waals surface area (Å²) in [6, 6.07) is 5.53. The first-order chi connectivity index (χ1) is 7.54. The molecular formula is C12H14Cl2O2. The molecule has 0 heterocycles. The number of aliphatic hydroxyl groups is 1. The van der Waals surface area contributed by atoms with Gasteiger partial charge < -0.3 is 9.84 Å². The summed E-state index contributed by atoms with van der Waals surface area (Å²) in [6.07, 6.45) is -0.473. The monoisotopic (exact) mass is 260 g/mol. The number of rotatable bonds is 4. The second kappa shape index (κ2) is 6.14. The van der Waals surface area contributed by atoms with Crippen LogP contribution in [-0.2, 0) is 0 Å². The summed E-state index contributed by atoms with van der Waals surface area (Å²) in [5.41, 5.74) is 3.10. The van der Waals surface area contributed by atoms with Crippen LogP contribution in [0.2, 0.25) is 0 Å². The molecule has 16 heavy (non-hydrogen) atoms. The molecular weight excluding hydrogens is 247 g/mol. The van der Waals surface area contributed by atoms with Gasteiger partial charge in [0.1, 0.15) is 12.4 Å². The molecule has 1 unspecified atom stereocenters. The van der Waals surface area contributed by atoms with Crippen LogP contribution in [0.25, 0.3) is 0 Å². The largest absolute Gasteiger partial charge is 0.488 e. The second-order valence-corrected chi connectivity index (χ2v) is 4.25. The van der Waals surface area contributed by atoms with Gasteiger partial charge in [0.2, 0.25) is 0 Å². The maximum Gasteiger partial charge on any atom is 0.125 e. The summed E-state index contributed by atoms with van der Waals surface area (Å²) in [7, 11) is 0. The number of benzene rings is 1. The highest BCUT2D eigenvalue weighted by Gasteiger charge is 2.05. The summed E-state index contributed by atoms with van der Waals surface area (Å²) in [4.78, 5) is 0. The highest BCUT2D eigenvalue weighted by molar-refractivity contribution is 6.36. The summed E-state index contributed by atoms with van der Waals surface area (Å²) in [6.45, 7) is 3.89. The summed E-state index contributed by atoms with van der Waals surface area (Å²) >= 11 is 11.1. The van der Waals surface area contributed by atoms with Crippen LogP contribution in [0.3, 0.4) is 0 Å². The number of halogens is 2. The minimum absolute atomic E-state index is 0.250. The first kappa shape index (κ1) is 13.4. The van der Waals surface area contributed by atoms with Crippen LogP contribution in [-0.4, -0.2) is 11.7 Å². The molecule has 0 saturated carbocycles. The number of ether oxygens (including phenoxy) is 1. The highest BCUT2D eigenvalue weighted by atomic mass is 35.5. The number of hydrogen-bond donors (Lipinski definition) is 1.